The number of rotatable bonds is 11. The van der Waals surface area contributed by atoms with E-state index in [0.717, 1.165) is 25.2 Å². The summed E-state index contributed by atoms with van der Waals surface area (Å²) >= 11 is 0. The lowest BCUT2D eigenvalue weighted by Crippen LogP contribution is -2.24. The number of ether oxygens (including phenoxy) is 2. The van der Waals surface area contributed by atoms with Gasteiger partial charge in [0.2, 0.25) is 0 Å². The highest BCUT2D eigenvalue weighted by atomic mass is 16.5. The molecule has 0 heterocycles. The highest BCUT2D eigenvalue weighted by Gasteiger charge is 2.27. The van der Waals surface area contributed by atoms with E-state index in [0.29, 0.717) is 12.0 Å². The highest BCUT2D eigenvalue weighted by molar-refractivity contribution is 5.71. The van der Waals surface area contributed by atoms with Crippen LogP contribution < -0.4 is 4.74 Å². The summed E-state index contributed by atoms with van der Waals surface area (Å²) in [5, 5.41) is 0. The third-order valence-electron chi connectivity index (χ3n) is 6.28. The van der Waals surface area contributed by atoms with Crippen LogP contribution in [0.25, 0.3) is 11.1 Å². The van der Waals surface area contributed by atoms with E-state index in [-0.39, 0.29) is 0 Å². The van der Waals surface area contributed by atoms with Gasteiger partial charge in [-0.3, -0.25) is 0 Å². The molecule has 0 aromatic heterocycles. The monoisotopic (exact) mass is 394 g/mol. The van der Waals surface area contributed by atoms with Gasteiger partial charge < -0.3 is 9.47 Å². The molecule has 29 heavy (non-hydrogen) atoms. The van der Waals surface area contributed by atoms with Crippen LogP contribution in [0.5, 0.6) is 5.75 Å². The van der Waals surface area contributed by atoms with Gasteiger partial charge in [-0.2, -0.15) is 0 Å². The Morgan fingerprint density at radius 1 is 0.862 bits per heavy atom. The quantitative estimate of drug-likeness (QED) is 0.362. The minimum atomic E-state index is 0.331. The fourth-order valence-electron chi connectivity index (χ4n) is 4.57. The van der Waals surface area contributed by atoms with Crippen molar-refractivity contribution in [1.29, 1.82) is 0 Å². The molecule has 1 aliphatic carbocycles. The largest absolute Gasteiger partial charge is 0.493 e. The second-order valence-corrected chi connectivity index (χ2v) is 8.40. The zero-order valence-electron chi connectivity index (χ0n) is 18.4. The zero-order valence-corrected chi connectivity index (χ0v) is 18.4. The first-order valence-corrected chi connectivity index (χ1v) is 11.7. The Kier molecular flexibility index (Phi) is 9.08. The Labute approximate surface area is 177 Å². The predicted molar refractivity (Wildman–Crippen MR) is 123 cm³/mol. The van der Waals surface area contributed by atoms with Gasteiger partial charge in [0.05, 0.1) is 12.7 Å². The van der Waals surface area contributed by atoms with E-state index >= 15 is 0 Å². The van der Waals surface area contributed by atoms with Crippen LogP contribution in [-0.4, -0.2) is 19.8 Å². The molecule has 2 atom stereocenters. The molecule has 2 aromatic rings. The second kappa shape index (κ2) is 12.0. The Morgan fingerprint density at radius 2 is 1.62 bits per heavy atom. The summed E-state index contributed by atoms with van der Waals surface area (Å²) in [6, 6.07) is 17.5. The van der Waals surface area contributed by atoms with Gasteiger partial charge in [0.25, 0.3) is 0 Å². The lowest BCUT2D eigenvalue weighted by molar-refractivity contribution is 0.0523. The van der Waals surface area contributed by atoms with E-state index in [1.165, 1.54) is 68.1 Å². The minimum absolute atomic E-state index is 0.331. The molecule has 0 radical (unpaired) electrons. The zero-order chi connectivity index (χ0) is 20.3. The van der Waals surface area contributed by atoms with Crippen molar-refractivity contribution in [3.05, 3.63) is 54.1 Å². The molecule has 2 nitrogen and oxygen atoms in total. The number of benzene rings is 2. The Hall–Kier alpha value is -1.80. The van der Waals surface area contributed by atoms with Crippen LogP contribution in [0.3, 0.4) is 0 Å². The smallest absolute Gasteiger partial charge is 0.127 e. The normalized spacial score (nSPS) is 19.2. The standard InChI is InChI=1S/C27H38O2/c1-3-4-5-6-7-13-20-29-27-21-23(24-16-11-12-17-26(24)28-2)18-19-25(27)22-14-9-8-10-15-22/h8-10,14-15,18-19,21,24,26H,3-7,11-13,16-17,20H2,1-2H3/t24-,26+/m1/s1. The fourth-order valence-corrected chi connectivity index (χ4v) is 4.57. The van der Waals surface area contributed by atoms with E-state index in [4.69, 9.17) is 9.47 Å². The molecule has 0 amide bonds. The van der Waals surface area contributed by atoms with Gasteiger partial charge in [-0.1, -0.05) is 94.3 Å². The van der Waals surface area contributed by atoms with Gasteiger partial charge in [0.15, 0.2) is 0 Å². The Morgan fingerprint density at radius 3 is 2.41 bits per heavy atom. The summed E-state index contributed by atoms with van der Waals surface area (Å²) in [6.07, 6.45) is 13.0. The van der Waals surface area contributed by atoms with Crippen molar-refractivity contribution in [2.75, 3.05) is 13.7 Å². The average Bonchev–Trinajstić information content (AvgIpc) is 2.79. The molecule has 0 bridgehead atoms. The van der Waals surface area contributed by atoms with E-state index in [1.807, 2.05) is 7.11 Å². The van der Waals surface area contributed by atoms with Crippen molar-refractivity contribution in [3.8, 4) is 16.9 Å². The maximum atomic E-state index is 6.36. The van der Waals surface area contributed by atoms with E-state index < -0.39 is 0 Å². The van der Waals surface area contributed by atoms with E-state index in [9.17, 15) is 0 Å². The maximum absolute atomic E-state index is 6.36. The summed E-state index contributed by atoms with van der Waals surface area (Å²) < 4.78 is 12.2. The molecular formula is C27H38O2. The van der Waals surface area contributed by atoms with Crippen molar-refractivity contribution < 1.29 is 9.47 Å². The predicted octanol–water partition coefficient (Wildman–Crippen LogP) is 7.77. The molecule has 0 N–H and O–H groups in total. The topological polar surface area (TPSA) is 18.5 Å². The molecule has 0 unspecified atom stereocenters. The lowest BCUT2D eigenvalue weighted by Gasteiger charge is -2.31. The first kappa shape index (κ1) is 21.9. The summed E-state index contributed by atoms with van der Waals surface area (Å²) in [4.78, 5) is 0. The van der Waals surface area contributed by atoms with Crippen LogP contribution in [-0.2, 0) is 4.74 Å². The van der Waals surface area contributed by atoms with Gasteiger partial charge >= 0.3 is 0 Å². The fraction of sp³-hybridized carbons (Fsp3) is 0.556. The number of methoxy groups -OCH3 is 1. The molecule has 0 aliphatic heterocycles. The molecule has 1 aliphatic rings. The van der Waals surface area contributed by atoms with E-state index in [1.54, 1.807) is 0 Å². The van der Waals surface area contributed by atoms with Crippen LogP contribution >= 0.6 is 0 Å². The molecule has 158 valence electrons. The number of unbranched alkanes of at least 4 members (excludes halogenated alkanes) is 5. The van der Waals surface area contributed by atoms with Crippen molar-refractivity contribution in [2.24, 2.45) is 0 Å². The maximum Gasteiger partial charge on any atom is 0.127 e. The average molecular weight is 395 g/mol. The van der Waals surface area contributed by atoms with Crippen LogP contribution in [0.2, 0.25) is 0 Å². The molecule has 2 aromatic carbocycles. The third-order valence-corrected chi connectivity index (χ3v) is 6.28. The van der Waals surface area contributed by atoms with Crippen molar-refractivity contribution >= 4 is 0 Å². The van der Waals surface area contributed by atoms with Crippen molar-refractivity contribution in [3.63, 3.8) is 0 Å². The second-order valence-electron chi connectivity index (χ2n) is 8.40. The lowest BCUT2D eigenvalue weighted by atomic mass is 9.81. The van der Waals surface area contributed by atoms with Crippen LogP contribution in [0.15, 0.2) is 48.5 Å². The summed E-state index contributed by atoms with van der Waals surface area (Å²) in [7, 11) is 1.86. The molecule has 0 spiro atoms. The molecule has 1 fully saturated rings. The minimum Gasteiger partial charge on any atom is -0.493 e. The highest BCUT2D eigenvalue weighted by Crippen LogP contribution is 2.39. The third kappa shape index (κ3) is 6.34. The van der Waals surface area contributed by atoms with Gasteiger partial charge in [-0.05, 0) is 36.5 Å². The molecule has 3 rings (SSSR count). The van der Waals surface area contributed by atoms with Crippen LogP contribution in [0, 0.1) is 0 Å². The summed E-state index contributed by atoms with van der Waals surface area (Å²) in [5.74, 6) is 1.51. The SMILES string of the molecule is CCCCCCCCOc1cc([C@H]2CCCC[C@@H]2OC)ccc1-c1ccccc1. The van der Waals surface area contributed by atoms with Crippen molar-refractivity contribution in [1.82, 2.24) is 0 Å². The van der Waals surface area contributed by atoms with Gasteiger partial charge in [0.1, 0.15) is 5.75 Å². The summed E-state index contributed by atoms with van der Waals surface area (Å²) in [5.41, 5.74) is 3.79. The van der Waals surface area contributed by atoms with Gasteiger partial charge in [-0.25, -0.2) is 0 Å². The first-order chi connectivity index (χ1) is 14.3. The van der Waals surface area contributed by atoms with Crippen LogP contribution in [0.1, 0.15) is 82.6 Å². The summed E-state index contributed by atoms with van der Waals surface area (Å²) in [6.45, 7) is 3.06. The molecule has 0 saturated heterocycles. The molecule has 2 heteroatoms. The number of hydrogen-bond donors (Lipinski definition) is 0. The van der Waals surface area contributed by atoms with Crippen molar-refractivity contribution in [2.45, 2.75) is 83.2 Å². The van der Waals surface area contributed by atoms with Gasteiger partial charge in [0, 0.05) is 18.6 Å². The Balaban J connectivity index is 1.73. The molecular weight excluding hydrogens is 356 g/mol. The van der Waals surface area contributed by atoms with Gasteiger partial charge in [-0.15, -0.1) is 0 Å². The Bertz CT molecular complexity index is 710. The molecule has 1 saturated carbocycles. The first-order valence-electron chi connectivity index (χ1n) is 11.7. The van der Waals surface area contributed by atoms with E-state index in [2.05, 4.69) is 55.5 Å². The van der Waals surface area contributed by atoms with Crippen LogP contribution in [0.4, 0.5) is 0 Å². The number of hydrogen-bond acceptors (Lipinski definition) is 2.